The number of benzene rings is 1. The number of amides is 1. The van der Waals surface area contributed by atoms with Crippen LogP contribution in [0.25, 0.3) is 0 Å². The Labute approximate surface area is 144 Å². The zero-order valence-electron chi connectivity index (χ0n) is 13.2. The molecule has 128 valence electrons. The van der Waals surface area contributed by atoms with Gasteiger partial charge in [-0.2, -0.15) is 0 Å². The summed E-state index contributed by atoms with van der Waals surface area (Å²) in [6.45, 7) is 2.16. The lowest BCUT2D eigenvalue weighted by atomic mass is 10.2. The number of carbonyl (C=O) groups excluding carboxylic acids is 1. The Bertz CT molecular complexity index is 637. The summed E-state index contributed by atoms with van der Waals surface area (Å²) >= 11 is 4.91. The fraction of sp³-hybridized carbons (Fsp3) is 0.400. The molecule has 0 spiro atoms. The van der Waals surface area contributed by atoms with Crippen molar-refractivity contribution in [2.75, 3.05) is 43.2 Å². The highest BCUT2D eigenvalue weighted by Crippen LogP contribution is 2.24. The van der Waals surface area contributed by atoms with Gasteiger partial charge in [-0.15, -0.1) is 0 Å². The van der Waals surface area contributed by atoms with Crippen LogP contribution in [-0.4, -0.2) is 57.1 Å². The summed E-state index contributed by atoms with van der Waals surface area (Å²) in [6, 6.07) is 7.64. The van der Waals surface area contributed by atoms with E-state index in [0.717, 1.165) is 17.9 Å². The van der Waals surface area contributed by atoms with Crippen LogP contribution in [0.3, 0.4) is 0 Å². The number of rotatable bonds is 4. The average Bonchev–Trinajstić information content (AvgIpc) is 3.01. The molecule has 8 nitrogen and oxygen atoms in total. The predicted molar refractivity (Wildman–Crippen MR) is 93.5 cm³/mol. The van der Waals surface area contributed by atoms with Gasteiger partial charge in [-0.1, -0.05) is 5.16 Å². The Morgan fingerprint density at radius 2 is 2.17 bits per heavy atom. The molecule has 1 aromatic rings. The molecule has 0 unspecified atom stereocenters. The van der Waals surface area contributed by atoms with Crippen LogP contribution in [-0.2, 0) is 14.3 Å². The lowest BCUT2D eigenvalue weighted by Crippen LogP contribution is -2.34. The van der Waals surface area contributed by atoms with E-state index >= 15 is 0 Å². The summed E-state index contributed by atoms with van der Waals surface area (Å²) < 4.78 is 10.2. The van der Waals surface area contributed by atoms with Crippen molar-refractivity contribution in [3.8, 4) is 0 Å². The van der Waals surface area contributed by atoms with Crippen LogP contribution in [0.1, 0.15) is 0 Å². The molecule has 0 saturated carbocycles. The normalized spacial score (nSPS) is 19.7. The summed E-state index contributed by atoms with van der Waals surface area (Å²) in [7, 11) is 1.49. The third-order valence-corrected chi connectivity index (χ3v) is 4.02. The van der Waals surface area contributed by atoms with Gasteiger partial charge in [0.1, 0.15) is 19.0 Å². The Morgan fingerprint density at radius 3 is 2.83 bits per heavy atom. The molecule has 0 aromatic heterocycles. The number of carbonyl (C=O) groups is 1. The smallest absolute Gasteiger partial charge is 0.414 e. The van der Waals surface area contributed by atoms with Crippen molar-refractivity contribution >= 4 is 41.2 Å². The van der Waals surface area contributed by atoms with Gasteiger partial charge in [0.05, 0.1) is 26.7 Å². The molecular formula is C15H18N4O4S. The zero-order chi connectivity index (χ0) is 16.9. The number of anilines is 2. The molecule has 0 bridgehead atoms. The molecule has 2 aliphatic rings. The number of oxime groups is 1. The third-order valence-electron chi connectivity index (χ3n) is 3.71. The van der Waals surface area contributed by atoms with Gasteiger partial charge in [-0.05, 0) is 36.5 Å². The molecule has 24 heavy (non-hydrogen) atoms. The number of thiocarbonyl (C=S) groups is 1. The lowest BCUT2D eigenvalue weighted by Gasteiger charge is -2.22. The maximum absolute atomic E-state index is 12.0. The van der Waals surface area contributed by atoms with Crippen LogP contribution in [0.5, 0.6) is 0 Å². The largest absolute Gasteiger partial charge is 0.474 e. The third kappa shape index (κ3) is 3.67. The Morgan fingerprint density at radius 1 is 1.42 bits per heavy atom. The van der Waals surface area contributed by atoms with Gasteiger partial charge in [-0.3, -0.25) is 4.90 Å². The molecule has 9 heteroatoms. The molecule has 0 aliphatic carbocycles. The molecule has 0 radical (unpaired) electrons. The van der Waals surface area contributed by atoms with E-state index in [1.165, 1.54) is 7.11 Å². The van der Waals surface area contributed by atoms with E-state index < -0.39 is 0 Å². The van der Waals surface area contributed by atoms with Gasteiger partial charge in [0.25, 0.3) is 5.17 Å². The molecule has 1 atom stereocenters. The topological polar surface area (TPSA) is 75.6 Å². The van der Waals surface area contributed by atoms with Crippen molar-refractivity contribution in [2.24, 2.45) is 5.16 Å². The van der Waals surface area contributed by atoms with Crippen LogP contribution in [0.4, 0.5) is 16.2 Å². The van der Waals surface area contributed by atoms with Crippen LogP contribution in [0, 0.1) is 0 Å². The van der Waals surface area contributed by atoms with E-state index in [9.17, 15) is 4.79 Å². The maximum Gasteiger partial charge on any atom is 0.414 e. The van der Waals surface area contributed by atoms with Crippen LogP contribution in [0.15, 0.2) is 29.4 Å². The summed E-state index contributed by atoms with van der Waals surface area (Å²) in [4.78, 5) is 20.6. The van der Waals surface area contributed by atoms with Gasteiger partial charge in [0.2, 0.25) is 0 Å². The molecule has 1 saturated heterocycles. The van der Waals surface area contributed by atoms with Crippen LogP contribution >= 0.6 is 12.2 Å². The fourth-order valence-electron chi connectivity index (χ4n) is 2.47. The standard InChI is InChI=1S/C15H18N4O4S/c1-21-14(24)16-8-13-9-19(15(20)23-13)12-4-2-11(3-5-12)18-6-7-22-17-10-18/h2-5,10,13H,6-9H2,1H3,(H,16,24)/t13-/m0/s1. The number of cyclic esters (lactones) is 1. The zero-order valence-corrected chi connectivity index (χ0v) is 14.0. The Kier molecular flexibility index (Phi) is 4.99. The molecule has 1 fully saturated rings. The van der Waals surface area contributed by atoms with E-state index in [-0.39, 0.29) is 17.4 Å². The lowest BCUT2D eigenvalue weighted by molar-refractivity contribution is 0.142. The highest BCUT2D eigenvalue weighted by molar-refractivity contribution is 7.80. The summed E-state index contributed by atoms with van der Waals surface area (Å²) in [5.41, 5.74) is 1.77. The minimum Gasteiger partial charge on any atom is -0.474 e. The second kappa shape index (κ2) is 7.35. The number of nitrogens with zero attached hydrogens (tertiary/aromatic N) is 3. The highest BCUT2D eigenvalue weighted by Gasteiger charge is 2.32. The van der Waals surface area contributed by atoms with Gasteiger partial charge < -0.3 is 24.5 Å². The van der Waals surface area contributed by atoms with E-state index in [0.29, 0.717) is 19.7 Å². The summed E-state index contributed by atoms with van der Waals surface area (Å²) in [5.74, 6) is 0. The molecule has 1 amide bonds. The SMILES string of the molecule is COC(=S)NC[C@H]1CN(c2ccc(N3C=NOCC3)cc2)C(=O)O1. The first-order valence-electron chi connectivity index (χ1n) is 7.49. The van der Waals surface area contributed by atoms with E-state index in [4.69, 9.17) is 26.5 Å². The monoisotopic (exact) mass is 350 g/mol. The summed E-state index contributed by atoms with van der Waals surface area (Å²) in [6.07, 6.45) is 0.991. The second-order valence-electron chi connectivity index (χ2n) is 5.25. The minimum absolute atomic E-state index is 0.279. The highest BCUT2D eigenvalue weighted by atomic mass is 32.1. The first-order chi connectivity index (χ1) is 11.7. The number of hydrogen-bond acceptors (Lipinski definition) is 7. The average molecular weight is 350 g/mol. The first-order valence-corrected chi connectivity index (χ1v) is 7.90. The van der Waals surface area contributed by atoms with E-state index in [1.54, 1.807) is 11.2 Å². The number of nitrogens with one attached hydrogen (secondary N) is 1. The number of hydrogen-bond donors (Lipinski definition) is 1. The van der Waals surface area contributed by atoms with Gasteiger partial charge in [-0.25, -0.2) is 4.79 Å². The Balaban J connectivity index is 1.61. The minimum atomic E-state index is -0.370. The molecule has 3 rings (SSSR count). The van der Waals surface area contributed by atoms with Crippen molar-refractivity contribution in [3.63, 3.8) is 0 Å². The Hall–Kier alpha value is -2.55. The first kappa shape index (κ1) is 16.3. The molecule has 2 aliphatic heterocycles. The predicted octanol–water partition coefficient (Wildman–Crippen LogP) is 1.31. The number of ether oxygens (including phenoxy) is 2. The van der Waals surface area contributed by atoms with Crippen molar-refractivity contribution in [1.82, 2.24) is 5.32 Å². The molecule has 1 N–H and O–H groups in total. The van der Waals surface area contributed by atoms with E-state index in [2.05, 4.69) is 10.5 Å². The fourth-order valence-corrected chi connectivity index (χ4v) is 2.55. The molecule has 1 aromatic carbocycles. The summed E-state index contributed by atoms with van der Waals surface area (Å²) in [5, 5.41) is 6.96. The van der Waals surface area contributed by atoms with Crippen molar-refractivity contribution in [2.45, 2.75) is 6.10 Å². The van der Waals surface area contributed by atoms with Gasteiger partial charge >= 0.3 is 6.09 Å². The quantitative estimate of drug-likeness (QED) is 0.821. The van der Waals surface area contributed by atoms with Gasteiger partial charge in [0, 0.05) is 11.4 Å². The van der Waals surface area contributed by atoms with E-state index in [1.807, 2.05) is 29.2 Å². The molecular weight excluding hydrogens is 332 g/mol. The second-order valence-corrected chi connectivity index (χ2v) is 5.62. The number of methoxy groups -OCH3 is 1. The molecule has 2 heterocycles. The van der Waals surface area contributed by atoms with Crippen molar-refractivity contribution in [3.05, 3.63) is 24.3 Å². The van der Waals surface area contributed by atoms with Crippen molar-refractivity contribution in [1.29, 1.82) is 0 Å². The van der Waals surface area contributed by atoms with Crippen LogP contribution < -0.4 is 15.1 Å². The van der Waals surface area contributed by atoms with Crippen LogP contribution in [0.2, 0.25) is 0 Å². The maximum atomic E-state index is 12.0. The van der Waals surface area contributed by atoms with Crippen molar-refractivity contribution < 1.29 is 19.1 Å². The van der Waals surface area contributed by atoms with Gasteiger partial charge in [0.15, 0.2) is 0 Å².